The third kappa shape index (κ3) is 4.77. The third-order valence-electron chi connectivity index (χ3n) is 3.60. The molecular formula is C16H24N2O3. The van der Waals surface area contributed by atoms with Crippen LogP contribution in [0.2, 0.25) is 0 Å². The van der Waals surface area contributed by atoms with E-state index in [0.717, 1.165) is 5.56 Å². The molecule has 0 aliphatic carbocycles. The van der Waals surface area contributed by atoms with Gasteiger partial charge in [0.25, 0.3) is 0 Å². The summed E-state index contributed by atoms with van der Waals surface area (Å²) in [4.78, 5) is 23.3. The Balaban J connectivity index is 2.80. The minimum absolute atomic E-state index is 0.131. The number of rotatable bonds is 6. The number of hydrogen-bond acceptors (Lipinski definition) is 2. The van der Waals surface area contributed by atoms with E-state index < -0.39 is 18.0 Å². The molecule has 0 bridgehead atoms. The lowest BCUT2D eigenvalue weighted by atomic mass is 9.99. The highest BCUT2D eigenvalue weighted by molar-refractivity contribution is 5.93. The molecule has 2 amide bonds. The Labute approximate surface area is 125 Å². The van der Waals surface area contributed by atoms with E-state index in [1.807, 2.05) is 45.0 Å². The molecule has 0 saturated heterocycles. The Kier molecular flexibility index (Phi) is 6.21. The molecular weight excluding hydrogens is 268 g/mol. The zero-order valence-corrected chi connectivity index (χ0v) is 13.0. The van der Waals surface area contributed by atoms with Crippen LogP contribution in [0.3, 0.4) is 0 Å². The van der Waals surface area contributed by atoms with Crippen LogP contribution in [0.15, 0.2) is 24.3 Å². The van der Waals surface area contributed by atoms with E-state index in [1.165, 1.54) is 0 Å². The number of carboxylic acids is 1. The maximum Gasteiger partial charge on any atom is 0.326 e. The summed E-state index contributed by atoms with van der Waals surface area (Å²) in [5.74, 6) is -0.878. The number of carboxylic acid groups (broad SMARTS) is 1. The largest absolute Gasteiger partial charge is 0.480 e. The predicted molar refractivity (Wildman–Crippen MR) is 83.6 cm³/mol. The van der Waals surface area contributed by atoms with Crippen LogP contribution in [0, 0.1) is 5.92 Å². The molecule has 0 aromatic heterocycles. The van der Waals surface area contributed by atoms with Gasteiger partial charge in [0.2, 0.25) is 0 Å². The molecule has 2 atom stereocenters. The molecule has 1 aromatic rings. The topological polar surface area (TPSA) is 78.4 Å². The summed E-state index contributed by atoms with van der Waals surface area (Å²) in [6.45, 7) is 7.78. The van der Waals surface area contributed by atoms with E-state index in [2.05, 4.69) is 10.6 Å². The van der Waals surface area contributed by atoms with E-state index in [1.54, 1.807) is 6.92 Å². The molecule has 1 aromatic carbocycles. The molecule has 116 valence electrons. The van der Waals surface area contributed by atoms with Gasteiger partial charge in [0.05, 0.1) is 0 Å². The van der Waals surface area contributed by atoms with Crippen LogP contribution in [-0.4, -0.2) is 23.1 Å². The lowest BCUT2D eigenvalue weighted by molar-refractivity contribution is -0.140. The van der Waals surface area contributed by atoms with Crippen molar-refractivity contribution in [1.82, 2.24) is 5.32 Å². The van der Waals surface area contributed by atoms with Crippen molar-refractivity contribution in [2.45, 2.75) is 46.1 Å². The highest BCUT2D eigenvalue weighted by atomic mass is 16.4. The van der Waals surface area contributed by atoms with E-state index in [9.17, 15) is 14.7 Å². The maximum atomic E-state index is 12.0. The summed E-state index contributed by atoms with van der Waals surface area (Å²) >= 11 is 0. The molecule has 0 aliphatic rings. The number of nitrogens with one attached hydrogen (secondary N) is 2. The molecule has 0 radical (unpaired) electrons. The summed E-state index contributed by atoms with van der Waals surface area (Å²) in [6, 6.07) is 6.14. The second kappa shape index (κ2) is 7.67. The molecule has 1 rings (SSSR count). The van der Waals surface area contributed by atoms with E-state index in [-0.39, 0.29) is 11.8 Å². The van der Waals surface area contributed by atoms with Gasteiger partial charge in [-0.3, -0.25) is 0 Å². The first-order valence-corrected chi connectivity index (χ1v) is 7.26. The number of amides is 2. The van der Waals surface area contributed by atoms with Gasteiger partial charge >= 0.3 is 12.0 Å². The van der Waals surface area contributed by atoms with Crippen LogP contribution in [-0.2, 0) is 4.79 Å². The monoisotopic (exact) mass is 292 g/mol. The summed E-state index contributed by atoms with van der Waals surface area (Å²) in [6.07, 6.45) is 0.680. The molecule has 0 aliphatic heterocycles. The number of carbonyl (C=O) groups excluding carboxylic acids is 1. The summed E-state index contributed by atoms with van der Waals surface area (Å²) in [5.41, 5.74) is 1.72. The first-order valence-electron chi connectivity index (χ1n) is 7.26. The Hall–Kier alpha value is -2.04. The quantitative estimate of drug-likeness (QED) is 0.751. The van der Waals surface area contributed by atoms with Gasteiger partial charge in [-0.15, -0.1) is 0 Å². The summed E-state index contributed by atoms with van der Waals surface area (Å²) in [7, 11) is 0. The highest BCUT2D eigenvalue weighted by Gasteiger charge is 2.25. The number of aliphatic carboxylic acids is 1. The van der Waals surface area contributed by atoms with E-state index in [0.29, 0.717) is 12.1 Å². The molecule has 0 fully saturated rings. The zero-order valence-electron chi connectivity index (χ0n) is 13.0. The van der Waals surface area contributed by atoms with Crippen LogP contribution in [0.1, 0.15) is 45.6 Å². The van der Waals surface area contributed by atoms with Gasteiger partial charge in [0.15, 0.2) is 0 Å². The van der Waals surface area contributed by atoms with Gasteiger partial charge in [-0.2, -0.15) is 0 Å². The van der Waals surface area contributed by atoms with Crippen molar-refractivity contribution in [2.75, 3.05) is 5.32 Å². The molecule has 3 N–H and O–H groups in total. The first-order chi connectivity index (χ1) is 9.86. The second-order valence-electron chi connectivity index (χ2n) is 5.54. The third-order valence-corrected chi connectivity index (χ3v) is 3.60. The van der Waals surface area contributed by atoms with Crippen LogP contribution in [0.4, 0.5) is 10.5 Å². The van der Waals surface area contributed by atoms with Crippen molar-refractivity contribution in [3.05, 3.63) is 29.8 Å². The molecule has 5 heteroatoms. The second-order valence-corrected chi connectivity index (χ2v) is 5.54. The van der Waals surface area contributed by atoms with Crippen molar-refractivity contribution in [2.24, 2.45) is 5.92 Å². The van der Waals surface area contributed by atoms with Gasteiger partial charge in [-0.05, 0) is 23.5 Å². The van der Waals surface area contributed by atoms with Crippen molar-refractivity contribution in [3.63, 3.8) is 0 Å². The Morgan fingerprint density at radius 3 is 2.33 bits per heavy atom. The SMILES string of the molecule is CCC(C)[C@H](NC(=O)Nc1ccccc1C(C)C)C(=O)O. The maximum absolute atomic E-state index is 12.0. The molecule has 0 saturated carbocycles. The Morgan fingerprint density at radius 2 is 1.81 bits per heavy atom. The van der Waals surface area contributed by atoms with Crippen molar-refractivity contribution >= 4 is 17.7 Å². The lowest BCUT2D eigenvalue weighted by Gasteiger charge is -2.21. The van der Waals surface area contributed by atoms with E-state index >= 15 is 0 Å². The zero-order chi connectivity index (χ0) is 16.0. The molecule has 1 unspecified atom stereocenters. The molecule has 0 heterocycles. The average Bonchev–Trinajstić information content (AvgIpc) is 2.44. The number of para-hydroxylation sites is 1. The van der Waals surface area contributed by atoms with E-state index in [4.69, 9.17) is 0 Å². The van der Waals surface area contributed by atoms with Gasteiger partial charge in [-0.1, -0.05) is 52.3 Å². The lowest BCUT2D eigenvalue weighted by Crippen LogP contribution is -2.46. The van der Waals surface area contributed by atoms with Crippen LogP contribution >= 0.6 is 0 Å². The minimum atomic E-state index is -1.02. The Morgan fingerprint density at radius 1 is 1.19 bits per heavy atom. The molecule has 0 spiro atoms. The number of hydrogen-bond donors (Lipinski definition) is 3. The van der Waals surface area contributed by atoms with Gasteiger partial charge < -0.3 is 15.7 Å². The van der Waals surface area contributed by atoms with Crippen molar-refractivity contribution < 1.29 is 14.7 Å². The molecule has 21 heavy (non-hydrogen) atoms. The fourth-order valence-corrected chi connectivity index (χ4v) is 2.10. The number of urea groups is 1. The highest BCUT2D eigenvalue weighted by Crippen LogP contribution is 2.23. The Bertz CT molecular complexity index is 500. The normalized spacial score (nSPS) is 13.6. The summed E-state index contributed by atoms with van der Waals surface area (Å²) in [5, 5.41) is 14.5. The fraction of sp³-hybridized carbons (Fsp3) is 0.500. The number of anilines is 1. The number of carbonyl (C=O) groups is 2. The smallest absolute Gasteiger partial charge is 0.326 e. The van der Waals surface area contributed by atoms with Crippen LogP contribution in [0.25, 0.3) is 0 Å². The number of benzene rings is 1. The minimum Gasteiger partial charge on any atom is -0.480 e. The van der Waals surface area contributed by atoms with Gasteiger partial charge in [0, 0.05) is 5.69 Å². The predicted octanol–water partition coefficient (Wildman–Crippen LogP) is 3.43. The van der Waals surface area contributed by atoms with Gasteiger partial charge in [-0.25, -0.2) is 9.59 Å². The molecule has 5 nitrogen and oxygen atoms in total. The average molecular weight is 292 g/mol. The van der Waals surface area contributed by atoms with Crippen LogP contribution < -0.4 is 10.6 Å². The van der Waals surface area contributed by atoms with Gasteiger partial charge in [0.1, 0.15) is 6.04 Å². The standard InChI is InChI=1S/C16H24N2O3/c1-5-11(4)14(15(19)20)18-16(21)17-13-9-7-6-8-12(13)10(2)3/h6-11,14H,5H2,1-4H3,(H,19,20)(H2,17,18,21)/t11?,14-/m0/s1. The van der Waals surface area contributed by atoms with Crippen LogP contribution in [0.5, 0.6) is 0 Å². The van der Waals surface area contributed by atoms with Crippen molar-refractivity contribution in [3.8, 4) is 0 Å². The van der Waals surface area contributed by atoms with Crippen molar-refractivity contribution in [1.29, 1.82) is 0 Å². The summed E-state index contributed by atoms with van der Waals surface area (Å²) < 4.78 is 0. The first kappa shape index (κ1) is 17.0. The fourth-order valence-electron chi connectivity index (χ4n) is 2.10.